The SMILES string of the molecule is CO[C@@H](C(=O)NC1CCc2ccccc2N(Cc2cc(F)cc(F)c2)C1=O)[C@@H]1OC(C)(C)O[C@H](C=CC(C)(C)C)[C@@H]1O. The number of anilines is 1. The predicted octanol–water partition coefficient (Wildman–Crippen LogP) is 4.43. The zero-order chi connectivity index (χ0) is 30.8. The van der Waals surface area contributed by atoms with Gasteiger partial charge in [0.15, 0.2) is 11.9 Å². The number of hydrogen-bond acceptors (Lipinski definition) is 6. The highest BCUT2D eigenvalue weighted by atomic mass is 19.1. The van der Waals surface area contributed by atoms with Crippen LogP contribution in [0, 0.1) is 17.0 Å². The van der Waals surface area contributed by atoms with Crippen LogP contribution in [-0.2, 0) is 36.8 Å². The second-order valence-corrected chi connectivity index (χ2v) is 12.4. The Hall–Kier alpha value is -3.18. The fourth-order valence-electron chi connectivity index (χ4n) is 5.33. The molecule has 2 aliphatic rings. The number of nitrogens with zero attached hydrogens (tertiary/aromatic N) is 1. The molecule has 2 aliphatic heterocycles. The quantitative estimate of drug-likeness (QED) is 0.466. The Balaban J connectivity index is 1.58. The Kier molecular flexibility index (Phi) is 9.52. The summed E-state index contributed by atoms with van der Waals surface area (Å²) in [5.41, 5.74) is 1.57. The second kappa shape index (κ2) is 12.6. The zero-order valence-electron chi connectivity index (χ0n) is 24.9. The van der Waals surface area contributed by atoms with E-state index in [1.165, 1.54) is 24.1 Å². The van der Waals surface area contributed by atoms with Crippen molar-refractivity contribution in [3.05, 3.63) is 77.4 Å². The number of carbonyl (C=O) groups excluding carboxylic acids is 2. The van der Waals surface area contributed by atoms with Crippen molar-refractivity contribution in [3.8, 4) is 0 Å². The molecule has 2 aromatic rings. The highest BCUT2D eigenvalue weighted by molar-refractivity contribution is 6.00. The van der Waals surface area contributed by atoms with Crippen LogP contribution in [0.25, 0.3) is 0 Å². The molecule has 8 nitrogen and oxygen atoms in total. The van der Waals surface area contributed by atoms with Crippen molar-refractivity contribution in [2.45, 2.75) is 90.2 Å². The molecule has 0 spiro atoms. The standard InChI is InChI=1S/C32H40F2N2O6/c1-31(2,3)14-13-25-26(37)27(42-32(4,5)41-25)28(40-6)29(38)35-23-12-11-20-9-7-8-10-24(20)36(30(23)39)18-19-15-21(33)17-22(34)16-19/h7-10,13-17,23,25-28,37H,11-12,18H2,1-6H3,(H,35,38)/t23?,25-,26+,27-,28-/m1/s1. The molecule has 4 rings (SSSR count). The first-order chi connectivity index (χ1) is 19.7. The highest BCUT2D eigenvalue weighted by Crippen LogP contribution is 2.32. The first-order valence-corrected chi connectivity index (χ1v) is 14.1. The fraction of sp³-hybridized carbons (Fsp3) is 0.500. The Morgan fingerprint density at radius 3 is 2.50 bits per heavy atom. The molecule has 2 aromatic carbocycles. The molecule has 10 heteroatoms. The lowest BCUT2D eigenvalue weighted by molar-refractivity contribution is -0.334. The topological polar surface area (TPSA) is 97.3 Å². The maximum absolute atomic E-state index is 14.0. The van der Waals surface area contributed by atoms with E-state index in [9.17, 15) is 23.5 Å². The molecular formula is C32H40F2N2O6. The smallest absolute Gasteiger partial charge is 0.252 e. The molecule has 2 amide bonds. The van der Waals surface area contributed by atoms with Crippen molar-refractivity contribution >= 4 is 17.5 Å². The average Bonchev–Trinajstić information content (AvgIpc) is 3.01. The number of allylic oxidation sites excluding steroid dienone is 1. The number of carbonyl (C=O) groups is 2. The normalized spacial score (nSPS) is 25.2. The summed E-state index contributed by atoms with van der Waals surface area (Å²) in [5.74, 6) is -3.71. The molecule has 5 atom stereocenters. The van der Waals surface area contributed by atoms with Crippen molar-refractivity contribution < 1.29 is 37.7 Å². The van der Waals surface area contributed by atoms with E-state index in [-0.39, 0.29) is 23.9 Å². The second-order valence-electron chi connectivity index (χ2n) is 12.4. The van der Waals surface area contributed by atoms with E-state index < -0.39 is 59.7 Å². The van der Waals surface area contributed by atoms with Gasteiger partial charge >= 0.3 is 0 Å². The number of methoxy groups -OCH3 is 1. The van der Waals surface area contributed by atoms with Gasteiger partial charge < -0.3 is 29.5 Å². The summed E-state index contributed by atoms with van der Waals surface area (Å²) in [6.45, 7) is 9.32. The summed E-state index contributed by atoms with van der Waals surface area (Å²) in [5, 5.41) is 14.0. The molecule has 1 unspecified atom stereocenters. The van der Waals surface area contributed by atoms with Gasteiger partial charge in [-0.15, -0.1) is 0 Å². The number of ether oxygens (including phenoxy) is 3. The van der Waals surface area contributed by atoms with Crippen molar-refractivity contribution in [1.82, 2.24) is 5.32 Å². The van der Waals surface area contributed by atoms with Gasteiger partial charge in [-0.3, -0.25) is 9.59 Å². The molecule has 1 fully saturated rings. The van der Waals surface area contributed by atoms with Crippen molar-refractivity contribution in [3.63, 3.8) is 0 Å². The number of hydrogen-bond donors (Lipinski definition) is 2. The third-order valence-corrected chi connectivity index (χ3v) is 7.24. The molecule has 0 bridgehead atoms. The number of para-hydroxylation sites is 1. The average molecular weight is 587 g/mol. The Labute approximate surface area is 245 Å². The molecule has 42 heavy (non-hydrogen) atoms. The minimum Gasteiger partial charge on any atom is -0.387 e. The van der Waals surface area contributed by atoms with Gasteiger partial charge in [0, 0.05) is 18.9 Å². The summed E-state index contributed by atoms with van der Waals surface area (Å²) >= 11 is 0. The molecule has 2 heterocycles. The number of aryl methyl sites for hydroxylation is 1. The van der Waals surface area contributed by atoms with E-state index in [0.717, 1.165) is 11.6 Å². The molecule has 1 saturated heterocycles. The number of rotatable bonds is 7. The molecule has 0 aliphatic carbocycles. The lowest BCUT2D eigenvalue weighted by atomic mass is 9.93. The van der Waals surface area contributed by atoms with E-state index in [4.69, 9.17) is 14.2 Å². The fourth-order valence-corrected chi connectivity index (χ4v) is 5.33. The van der Waals surface area contributed by atoms with Crippen LogP contribution in [0.4, 0.5) is 14.5 Å². The lowest BCUT2D eigenvalue weighted by Crippen LogP contribution is -2.62. The summed E-state index contributed by atoms with van der Waals surface area (Å²) < 4.78 is 45.4. The van der Waals surface area contributed by atoms with Crippen LogP contribution < -0.4 is 10.2 Å². The Morgan fingerprint density at radius 1 is 1.19 bits per heavy atom. The van der Waals surface area contributed by atoms with Gasteiger partial charge in [0.1, 0.15) is 36.0 Å². The van der Waals surface area contributed by atoms with E-state index in [0.29, 0.717) is 12.1 Å². The molecule has 0 aromatic heterocycles. The van der Waals surface area contributed by atoms with Gasteiger partial charge in [-0.1, -0.05) is 51.1 Å². The minimum atomic E-state index is -1.27. The number of fused-ring (bicyclic) bond motifs is 1. The monoisotopic (exact) mass is 586 g/mol. The van der Waals surface area contributed by atoms with Crippen molar-refractivity contribution in [1.29, 1.82) is 0 Å². The van der Waals surface area contributed by atoms with E-state index >= 15 is 0 Å². The van der Waals surface area contributed by atoms with Gasteiger partial charge in [0.2, 0.25) is 5.91 Å². The summed E-state index contributed by atoms with van der Waals surface area (Å²) in [4.78, 5) is 29.0. The number of aliphatic hydroxyl groups is 1. The molecule has 228 valence electrons. The van der Waals surface area contributed by atoms with Gasteiger partial charge in [0.25, 0.3) is 5.91 Å². The number of halogens is 2. The maximum atomic E-state index is 14.0. The molecular weight excluding hydrogens is 546 g/mol. The summed E-state index contributed by atoms with van der Waals surface area (Å²) in [7, 11) is 1.33. The number of amides is 2. The van der Waals surface area contributed by atoms with Crippen molar-refractivity contribution in [2.75, 3.05) is 12.0 Å². The summed E-state index contributed by atoms with van der Waals surface area (Å²) in [6, 6.07) is 9.42. The van der Waals surface area contributed by atoms with Crippen molar-refractivity contribution in [2.24, 2.45) is 5.41 Å². The predicted molar refractivity (Wildman–Crippen MR) is 153 cm³/mol. The number of aliphatic hydroxyl groups excluding tert-OH is 1. The van der Waals surface area contributed by atoms with Gasteiger partial charge in [0.05, 0.1) is 6.54 Å². The first-order valence-electron chi connectivity index (χ1n) is 14.1. The Morgan fingerprint density at radius 2 is 1.86 bits per heavy atom. The Bertz CT molecular complexity index is 1300. The van der Waals surface area contributed by atoms with Crippen LogP contribution in [0.5, 0.6) is 0 Å². The number of nitrogens with one attached hydrogen (secondary N) is 1. The van der Waals surface area contributed by atoms with Crippen LogP contribution in [0.2, 0.25) is 0 Å². The maximum Gasteiger partial charge on any atom is 0.252 e. The lowest BCUT2D eigenvalue weighted by Gasteiger charge is -2.45. The van der Waals surface area contributed by atoms with E-state index in [2.05, 4.69) is 5.32 Å². The van der Waals surface area contributed by atoms with Gasteiger partial charge in [-0.05, 0) is 61.4 Å². The van der Waals surface area contributed by atoms with Gasteiger partial charge in [-0.2, -0.15) is 0 Å². The highest BCUT2D eigenvalue weighted by Gasteiger charge is 2.48. The van der Waals surface area contributed by atoms with Gasteiger partial charge in [-0.25, -0.2) is 8.78 Å². The van der Waals surface area contributed by atoms with E-state index in [1.54, 1.807) is 32.1 Å². The molecule has 0 saturated carbocycles. The minimum absolute atomic E-state index is 0.0949. The molecule has 2 N–H and O–H groups in total. The largest absolute Gasteiger partial charge is 0.387 e. The van der Waals surface area contributed by atoms with E-state index in [1.807, 2.05) is 39.0 Å². The third kappa shape index (κ3) is 7.60. The van der Waals surface area contributed by atoms with Crippen LogP contribution in [-0.4, -0.2) is 60.3 Å². The first kappa shape index (κ1) is 31.7. The summed E-state index contributed by atoms with van der Waals surface area (Å²) in [6.07, 6.45) is 0.0670. The third-order valence-electron chi connectivity index (χ3n) is 7.24. The van der Waals surface area contributed by atoms with Crippen LogP contribution in [0.15, 0.2) is 54.6 Å². The molecule has 0 radical (unpaired) electrons. The van der Waals surface area contributed by atoms with Crippen LogP contribution in [0.3, 0.4) is 0 Å². The van der Waals surface area contributed by atoms with Crippen LogP contribution >= 0.6 is 0 Å². The van der Waals surface area contributed by atoms with Crippen LogP contribution in [0.1, 0.15) is 52.2 Å². The number of benzene rings is 2. The zero-order valence-corrected chi connectivity index (χ0v) is 24.9.